The van der Waals surface area contributed by atoms with Crippen LogP contribution in [0.5, 0.6) is 0 Å². The van der Waals surface area contributed by atoms with Gasteiger partial charge in [0.15, 0.2) is 0 Å². The van der Waals surface area contributed by atoms with E-state index in [1.807, 2.05) is 24.0 Å². The Morgan fingerprint density at radius 1 is 1.29 bits per heavy atom. The van der Waals surface area contributed by atoms with Gasteiger partial charge in [0, 0.05) is 28.7 Å². The molecule has 3 aromatic rings. The minimum atomic E-state index is -0.122. The number of carbonyl (C=O) groups excluding carboxylic acids is 1. The number of likely N-dealkylation sites (tertiary alicyclic amines) is 1. The van der Waals surface area contributed by atoms with Crippen LogP contribution in [0.4, 0.5) is 0 Å². The summed E-state index contributed by atoms with van der Waals surface area (Å²) in [5, 5.41) is 1.63. The number of rotatable bonds is 1. The maximum absolute atomic E-state index is 12.9. The first kappa shape index (κ1) is 15.4. The van der Waals surface area contributed by atoms with Crippen molar-refractivity contribution in [2.75, 3.05) is 13.1 Å². The standard InChI is InChI=1S/C19H20N2O2S/c1-11-5-6-15-13(8-11)17-14(18(22)20-15)9-16(24-17)19(23)21-7-3-4-12(2)10-21/h5-6,8-9,12H,3-4,7,10H2,1-2H3,(H,20,22). The third kappa shape index (κ3) is 2.53. The Morgan fingerprint density at radius 2 is 2.12 bits per heavy atom. The second kappa shape index (κ2) is 5.74. The predicted octanol–water partition coefficient (Wildman–Crippen LogP) is 3.92. The third-order valence-corrected chi connectivity index (χ3v) is 5.96. The number of hydrogen-bond acceptors (Lipinski definition) is 3. The minimum Gasteiger partial charge on any atom is -0.338 e. The molecular formula is C19H20N2O2S. The van der Waals surface area contributed by atoms with E-state index < -0.39 is 0 Å². The monoisotopic (exact) mass is 340 g/mol. The van der Waals surface area contributed by atoms with Crippen molar-refractivity contribution < 1.29 is 4.79 Å². The molecule has 0 spiro atoms. The number of aromatic nitrogens is 1. The normalized spacial score (nSPS) is 18.4. The third-order valence-electron chi connectivity index (χ3n) is 4.80. The van der Waals surface area contributed by atoms with Gasteiger partial charge in [0.05, 0.1) is 10.3 Å². The molecule has 0 radical (unpaired) electrons. The van der Waals surface area contributed by atoms with E-state index in [1.54, 1.807) is 6.07 Å². The summed E-state index contributed by atoms with van der Waals surface area (Å²) in [6.07, 6.45) is 2.24. The first-order valence-electron chi connectivity index (χ1n) is 8.38. The average molecular weight is 340 g/mol. The maximum atomic E-state index is 12.9. The van der Waals surface area contributed by atoms with Crippen molar-refractivity contribution in [2.45, 2.75) is 26.7 Å². The van der Waals surface area contributed by atoms with Gasteiger partial charge < -0.3 is 9.88 Å². The van der Waals surface area contributed by atoms with E-state index in [0.29, 0.717) is 16.2 Å². The zero-order valence-corrected chi connectivity index (χ0v) is 14.7. The fraction of sp³-hybridized carbons (Fsp3) is 0.368. The minimum absolute atomic E-state index is 0.0583. The number of amides is 1. The number of nitrogens with zero attached hydrogens (tertiary/aromatic N) is 1. The highest BCUT2D eigenvalue weighted by Crippen LogP contribution is 2.31. The lowest BCUT2D eigenvalue weighted by atomic mass is 10.0. The Labute approximate surface area is 144 Å². The van der Waals surface area contributed by atoms with E-state index in [2.05, 4.69) is 18.0 Å². The van der Waals surface area contributed by atoms with Crippen molar-refractivity contribution in [3.63, 3.8) is 0 Å². The largest absolute Gasteiger partial charge is 0.338 e. The van der Waals surface area contributed by atoms with Crippen LogP contribution >= 0.6 is 11.3 Å². The molecule has 4 nitrogen and oxygen atoms in total. The van der Waals surface area contributed by atoms with Gasteiger partial charge >= 0.3 is 0 Å². The van der Waals surface area contributed by atoms with Gasteiger partial charge in [0.1, 0.15) is 0 Å². The highest BCUT2D eigenvalue weighted by molar-refractivity contribution is 7.21. The number of aryl methyl sites for hydroxylation is 1. The molecule has 1 aliphatic rings. The van der Waals surface area contributed by atoms with Gasteiger partial charge in [-0.05, 0) is 43.9 Å². The number of fused-ring (bicyclic) bond motifs is 3. The van der Waals surface area contributed by atoms with E-state index in [1.165, 1.54) is 17.8 Å². The zero-order chi connectivity index (χ0) is 16.8. The van der Waals surface area contributed by atoms with Gasteiger partial charge in [-0.3, -0.25) is 9.59 Å². The van der Waals surface area contributed by atoms with Crippen molar-refractivity contribution in [2.24, 2.45) is 5.92 Å². The van der Waals surface area contributed by atoms with Gasteiger partial charge in [0.25, 0.3) is 11.5 Å². The number of benzene rings is 1. The molecule has 1 saturated heterocycles. The number of hydrogen-bond donors (Lipinski definition) is 1. The highest BCUT2D eigenvalue weighted by Gasteiger charge is 2.24. The fourth-order valence-corrected chi connectivity index (χ4v) is 4.69. The fourth-order valence-electron chi connectivity index (χ4n) is 3.54. The molecule has 2 aromatic heterocycles. The van der Waals surface area contributed by atoms with Gasteiger partial charge in [0.2, 0.25) is 0 Å². The second-order valence-electron chi connectivity index (χ2n) is 6.86. The Morgan fingerprint density at radius 3 is 2.92 bits per heavy atom. The molecule has 0 bridgehead atoms. The van der Waals surface area contributed by atoms with Crippen molar-refractivity contribution >= 4 is 38.2 Å². The van der Waals surface area contributed by atoms with Gasteiger partial charge in [-0.25, -0.2) is 0 Å². The maximum Gasteiger partial charge on any atom is 0.263 e. The molecule has 1 aromatic carbocycles. The summed E-state index contributed by atoms with van der Waals surface area (Å²) in [6, 6.07) is 7.75. The van der Waals surface area contributed by atoms with Crippen LogP contribution in [0.15, 0.2) is 29.1 Å². The molecule has 1 fully saturated rings. The van der Waals surface area contributed by atoms with E-state index >= 15 is 0 Å². The van der Waals surface area contributed by atoms with E-state index in [9.17, 15) is 9.59 Å². The quantitative estimate of drug-likeness (QED) is 0.730. The zero-order valence-electron chi connectivity index (χ0n) is 13.9. The summed E-state index contributed by atoms with van der Waals surface area (Å²) in [5.74, 6) is 0.604. The van der Waals surface area contributed by atoms with E-state index in [0.717, 1.165) is 40.7 Å². The molecule has 0 aliphatic carbocycles. The SMILES string of the molecule is Cc1ccc2[nH]c(=O)c3cc(C(=O)N4CCCC(C)C4)sc3c2c1. The van der Waals surface area contributed by atoms with Crippen molar-refractivity contribution in [3.05, 3.63) is 45.1 Å². The summed E-state index contributed by atoms with van der Waals surface area (Å²) in [5.41, 5.74) is 1.84. The molecular weight excluding hydrogens is 320 g/mol. The highest BCUT2D eigenvalue weighted by atomic mass is 32.1. The summed E-state index contributed by atoms with van der Waals surface area (Å²) in [6.45, 7) is 5.84. The van der Waals surface area contributed by atoms with Crippen molar-refractivity contribution in [1.82, 2.24) is 9.88 Å². The lowest BCUT2D eigenvalue weighted by molar-refractivity contribution is 0.0688. The summed E-state index contributed by atoms with van der Waals surface area (Å²) < 4.78 is 0.908. The first-order valence-corrected chi connectivity index (χ1v) is 9.20. The molecule has 1 unspecified atom stereocenters. The molecule has 3 heterocycles. The molecule has 4 rings (SSSR count). The Bertz CT molecular complexity index is 1000. The van der Waals surface area contributed by atoms with Crippen LogP contribution in [0.2, 0.25) is 0 Å². The first-order chi connectivity index (χ1) is 11.5. The Hall–Kier alpha value is -2.14. The van der Waals surface area contributed by atoms with Gasteiger partial charge in [-0.2, -0.15) is 0 Å². The van der Waals surface area contributed by atoms with Crippen LogP contribution in [0.25, 0.3) is 21.0 Å². The number of thiophene rings is 1. The molecule has 0 saturated carbocycles. The summed E-state index contributed by atoms with van der Waals surface area (Å²) in [7, 11) is 0. The molecule has 24 heavy (non-hydrogen) atoms. The van der Waals surface area contributed by atoms with Crippen LogP contribution in [0, 0.1) is 12.8 Å². The summed E-state index contributed by atoms with van der Waals surface area (Å²) >= 11 is 1.44. The van der Waals surface area contributed by atoms with Crippen LogP contribution in [-0.4, -0.2) is 28.9 Å². The number of piperidine rings is 1. The molecule has 1 N–H and O–H groups in total. The molecule has 1 atom stereocenters. The molecule has 124 valence electrons. The lowest BCUT2D eigenvalue weighted by Crippen LogP contribution is -2.38. The van der Waals surface area contributed by atoms with Gasteiger partial charge in [-0.15, -0.1) is 11.3 Å². The smallest absolute Gasteiger partial charge is 0.263 e. The number of aromatic amines is 1. The van der Waals surface area contributed by atoms with E-state index in [4.69, 9.17) is 0 Å². The van der Waals surface area contributed by atoms with Gasteiger partial charge in [-0.1, -0.05) is 18.6 Å². The number of pyridine rings is 1. The van der Waals surface area contributed by atoms with Crippen molar-refractivity contribution in [1.29, 1.82) is 0 Å². The number of nitrogens with one attached hydrogen (secondary N) is 1. The summed E-state index contributed by atoms with van der Waals surface area (Å²) in [4.78, 5) is 30.7. The number of H-pyrrole nitrogens is 1. The predicted molar refractivity (Wildman–Crippen MR) is 99.0 cm³/mol. The average Bonchev–Trinajstić information content (AvgIpc) is 3.01. The Kier molecular flexibility index (Phi) is 3.68. The molecule has 1 aliphatic heterocycles. The number of carbonyl (C=O) groups is 1. The topological polar surface area (TPSA) is 53.2 Å². The second-order valence-corrected chi connectivity index (χ2v) is 7.91. The van der Waals surface area contributed by atoms with Crippen LogP contribution in [0.3, 0.4) is 0 Å². The lowest BCUT2D eigenvalue weighted by Gasteiger charge is -2.30. The van der Waals surface area contributed by atoms with Crippen LogP contribution in [0.1, 0.15) is 35.0 Å². The van der Waals surface area contributed by atoms with E-state index in [-0.39, 0.29) is 11.5 Å². The molecule has 1 amide bonds. The Balaban J connectivity index is 1.84. The van der Waals surface area contributed by atoms with Crippen LogP contribution < -0.4 is 5.56 Å². The molecule has 5 heteroatoms. The van der Waals surface area contributed by atoms with Crippen LogP contribution in [-0.2, 0) is 0 Å². The van der Waals surface area contributed by atoms with Crippen molar-refractivity contribution in [3.8, 4) is 0 Å².